The van der Waals surface area contributed by atoms with Crippen LogP contribution in [0.4, 0.5) is 5.69 Å². The van der Waals surface area contributed by atoms with Gasteiger partial charge in [0.15, 0.2) is 0 Å². The Balaban J connectivity index is 2.31. The third kappa shape index (κ3) is 2.78. The molecule has 0 aromatic heterocycles. The van der Waals surface area contributed by atoms with Crippen LogP contribution in [0, 0.1) is 0 Å². The van der Waals surface area contributed by atoms with E-state index in [1.54, 1.807) is 25.1 Å². The number of nitrogens with zero attached hydrogens (tertiary/aromatic N) is 1. The van der Waals surface area contributed by atoms with Gasteiger partial charge in [-0.15, -0.1) is 0 Å². The molecule has 0 spiro atoms. The maximum Gasteiger partial charge on any atom is 0.274 e. The molecule has 6 nitrogen and oxygen atoms in total. The third-order valence-corrected chi connectivity index (χ3v) is 4.43. The lowest BCUT2D eigenvalue weighted by Crippen LogP contribution is -2.34. The topological polar surface area (TPSA) is 75.7 Å². The SMILES string of the molecule is CCONC(=O)c1ccc2c(c1)C[C@@H](C)N2S(C)(=O)=O. The van der Waals surface area contributed by atoms with E-state index in [9.17, 15) is 13.2 Å². The van der Waals surface area contributed by atoms with E-state index >= 15 is 0 Å². The molecule has 20 heavy (non-hydrogen) atoms. The van der Waals surface area contributed by atoms with E-state index in [1.807, 2.05) is 6.92 Å². The average Bonchev–Trinajstić information content (AvgIpc) is 2.70. The summed E-state index contributed by atoms with van der Waals surface area (Å²) >= 11 is 0. The molecular formula is C13H18N2O4S. The van der Waals surface area contributed by atoms with Gasteiger partial charge in [-0.3, -0.25) is 13.9 Å². The molecule has 1 aliphatic rings. The predicted molar refractivity (Wildman–Crippen MR) is 76.0 cm³/mol. The van der Waals surface area contributed by atoms with Gasteiger partial charge in [0.05, 0.1) is 18.6 Å². The number of rotatable bonds is 4. The second-order valence-corrected chi connectivity index (χ2v) is 6.68. The van der Waals surface area contributed by atoms with Crippen LogP contribution in [-0.2, 0) is 21.3 Å². The van der Waals surface area contributed by atoms with Crippen LogP contribution in [0.3, 0.4) is 0 Å². The van der Waals surface area contributed by atoms with E-state index in [0.29, 0.717) is 24.3 Å². The Hall–Kier alpha value is -1.60. The normalized spacial score (nSPS) is 17.9. The first-order valence-electron chi connectivity index (χ1n) is 6.39. The number of hydrogen-bond donors (Lipinski definition) is 1. The Kier molecular flexibility index (Phi) is 4.01. The first kappa shape index (κ1) is 14.8. The van der Waals surface area contributed by atoms with Crippen molar-refractivity contribution in [2.45, 2.75) is 26.3 Å². The number of hydroxylamine groups is 1. The first-order valence-corrected chi connectivity index (χ1v) is 8.24. The summed E-state index contributed by atoms with van der Waals surface area (Å²) in [6, 6.07) is 4.85. The minimum atomic E-state index is -3.30. The zero-order valence-electron chi connectivity index (χ0n) is 11.7. The van der Waals surface area contributed by atoms with E-state index in [1.165, 1.54) is 10.6 Å². The molecule has 1 atom stereocenters. The summed E-state index contributed by atoms with van der Waals surface area (Å²) in [5, 5.41) is 0. The molecule has 0 aliphatic carbocycles. The maximum atomic E-state index is 11.8. The Morgan fingerprint density at radius 2 is 2.20 bits per heavy atom. The fourth-order valence-electron chi connectivity index (χ4n) is 2.45. The molecule has 1 aromatic rings. The molecule has 0 saturated carbocycles. The van der Waals surface area contributed by atoms with Gasteiger partial charge in [-0.05, 0) is 44.0 Å². The highest BCUT2D eigenvalue weighted by atomic mass is 32.2. The predicted octanol–water partition coefficient (Wildman–Crippen LogP) is 1.08. The Labute approximate surface area is 118 Å². The van der Waals surface area contributed by atoms with Crippen LogP contribution < -0.4 is 9.79 Å². The molecular weight excluding hydrogens is 280 g/mol. The van der Waals surface area contributed by atoms with Gasteiger partial charge in [0.2, 0.25) is 10.0 Å². The lowest BCUT2D eigenvalue weighted by Gasteiger charge is -2.21. The molecule has 0 radical (unpaired) electrons. The lowest BCUT2D eigenvalue weighted by atomic mass is 10.1. The Morgan fingerprint density at radius 1 is 1.50 bits per heavy atom. The zero-order valence-corrected chi connectivity index (χ0v) is 12.5. The molecule has 0 unspecified atom stereocenters. The van der Waals surface area contributed by atoms with Crippen LogP contribution in [0.2, 0.25) is 0 Å². The summed E-state index contributed by atoms with van der Waals surface area (Å²) < 4.78 is 25.0. The van der Waals surface area contributed by atoms with Crippen molar-refractivity contribution in [3.05, 3.63) is 29.3 Å². The van der Waals surface area contributed by atoms with Gasteiger partial charge in [0, 0.05) is 11.6 Å². The minimum Gasteiger partial charge on any atom is -0.274 e. The quantitative estimate of drug-likeness (QED) is 0.844. The highest BCUT2D eigenvalue weighted by Crippen LogP contribution is 2.34. The van der Waals surface area contributed by atoms with Crippen LogP contribution in [0.1, 0.15) is 29.8 Å². The van der Waals surface area contributed by atoms with Crippen molar-refractivity contribution in [1.82, 2.24) is 5.48 Å². The summed E-state index contributed by atoms with van der Waals surface area (Å²) in [5.41, 5.74) is 4.28. The lowest BCUT2D eigenvalue weighted by molar-refractivity contribution is 0.0364. The second-order valence-electron chi connectivity index (χ2n) is 4.82. The Morgan fingerprint density at radius 3 is 2.80 bits per heavy atom. The summed E-state index contributed by atoms with van der Waals surface area (Å²) in [6.45, 7) is 4.01. The highest BCUT2D eigenvalue weighted by molar-refractivity contribution is 7.92. The molecule has 0 fully saturated rings. The van der Waals surface area contributed by atoms with E-state index < -0.39 is 10.0 Å². The number of hydrogen-bond acceptors (Lipinski definition) is 4. The molecule has 0 saturated heterocycles. The van der Waals surface area contributed by atoms with Crippen molar-refractivity contribution < 1.29 is 18.0 Å². The molecule has 1 heterocycles. The maximum absolute atomic E-state index is 11.8. The van der Waals surface area contributed by atoms with E-state index in [-0.39, 0.29) is 11.9 Å². The number of nitrogens with one attached hydrogen (secondary N) is 1. The molecule has 1 amide bonds. The number of amides is 1. The fourth-order valence-corrected chi connectivity index (χ4v) is 3.71. The number of carbonyl (C=O) groups is 1. The molecule has 2 rings (SSSR count). The van der Waals surface area contributed by atoms with Crippen LogP contribution >= 0.6 is 0 Å². The summed E-state index contributed by atoms with van der Waals surface area (Å²) in [5.74, 6) is -0.333. The third-order valence-electron chi connectivity index (χ3n) is 3.16. The zero-order chi connectivity index (χ0) is 14.9. The first-order chi connectivity index (χ1) is 9.34. The number of fused-ring (bicyclic) bond motifs is 1. The van der Waals surface area contributed by atoms with Crippen LogP contribution in [0.5, 0.6) is 0 Å². The number of anilines is 1. The summed E-state index contributed by atoms with van der Waals surface area (Å²) in [4.78, 5) is 16.7. The van der Waals surface area contributed by atoms with E-state index in [2.05, 4.69) is 5.48 Å². The number of benzene rings is 1. The van der Waals surface area contributed by atoms with Crippen LogP contribution in [0.25, 0.3) is 0 Å². The monoisotopic (exact) mass is 298 g/mol. The van der Waals surface area contributed by atoms with Crippen molar-refractivity contribution in [3.8, 4) is 0 Å². The second kappa shape index (κ2) is 5.41. The van der Waals surface area contributed by atoms with Crippen molar-refractivity contribution in [1.29, 1.82) is 0 Å². The van der Waals surface area contributed by atoms with Crippen molar-refractivity contribution in [2.24, 2.45) is 0 Å². The number of sulfonamides is 1. The van der Waals surface area contributed by atoms with Crippen LogP contribution in [0.15, 0.2) is 18.2 Å². The van der Waals surface area contributed by atoms with Gasteiger partial charge < -0.3 is 0 Å². The summed E-state index contributed by atoms with van der Waals surface area (Å²) in [6.07, 6.45) is 1.78. The molecule has 7 heteroatoms. The molecule has 1 aromatic carbocycles. The summed E-state index contributed by atoms with van der Waals surface area (Å²) in [7, 11) is -3.30. The molecule has 1 N–H and O–H groups in total. The van der Waals surface area contributed by atoms with Crippen molar-refractivity contribution in [2.75, 3.05) is 17.2 Å². The molecule has 1 aliphatic heterocycles. The van der Waals surface area contributed by atoms with Gasteiger partial charge in [-0.25, -0.2) is 13.9 Å². The van der Waals surface area contributed by atoms with Gasteiger partial charge >= 0.3 is 0 Å². The standard InChI is InChI=1S/C13H18N2O4S/c1-4-19-14-13(16)10-5-6-12-11(8-10)7-9(2)15(12)20(3,17)18/h5-6,8-9H,4,7H2,1-3H3,(H,14,16)/t9-/m1/s1. The van der Waals surface area contributed by atoms with Crippen molar-refractivity contribution >= 4 is 21.6 Å². The van der Waals surface area contributed by atoms with E-state index in [0.717, 1.165) is 5.56 Å². The van der Waals surface area contributed by atoms with Gasteiger partial charge in [0.1, 0.15) is 0 Å². The van der Waals surface area contributed by atoms with Gasteiger partial charge in [-0.1, -0.05) is 0 Å². The number of carbonyl (C=O) groups excluding carboxylic acids is 1. The molecule has 110 valence electrons. The van der Waals surface area contributed by atoms with Crippen molar-refractivity contribution in [3.63, 3.8) is 0 Å². The molecule has 0 bridgehead atoms. The average molecular weight is 298 g/mol. The van der Waals surface area contributed by atoms with Gasteiger partial charge in [0.25, 0.3) is 5.91 Å². The van der Waals surface area contributed by atoms with Gasteiger partial charge in [-0.2, -0.15) is 0 Å². The van der Waals surface area contributed by atoms with Crippen LogP contribution in [-0.4, -0.2) is 33.2 Å². The Bertz CT molecular complexity index is 627. The highest BCUT2D eigenvalue weighted by Gasteiger charge is 2.32. The fraction of sp³-hybridized carbons (Fsp3) is 0.462. The largest absolute Gasteiger partial charge is 0.274 e. The minimum absolute atomic E-state index is 0.134. The smallest absolute Gasteiger partial charge is 0.274 e. The van der Waals surface area contributed by atoms with E-state index in [4.69, 9.17) is 4.84 Å².